The van der Waals surface area contributed by atoms with Crippen LogP contribution in [-0.2, 0) is 16.6 Å². The van der Waals surface area contributed by atoms with Crippen molar-refractivity contribution in [1.82, 2.24) is 4.90 Å². The maximum absolute atomic E-state index is 12.9. The molecule has 1 amide bonds. The molecule has 140 valence electrons. The van der Waals surface area contributed by atoms with E-state index in [2.05, 4.69) is 73.6 Å². The van der Waals surface area contributed by atoms with Crippen LogP contribution in [0, 0.1) is 0 Å². The van der Waals surface area contributed by atoms with Crippen LogP contribution in [-0.4, -0.2) is 30.4 Å². The largest absolute Gasteiger partial charge is 0.338 e. The molecule has 0 saturated heterocycles. The molecule has 0 bridgehead atoms. The number of quaternary nitrogens is 1. The molecule has 2 N–H and O–H groups in total. The molecule has 3 rings (SSSR count). The van der Waals surface area contributed by atoms with E-state index in [-0.39, 0.29) is 17.4 Å². The van der Waals surface area contributed by atoms with Crippen molar-refractivity contribution in [2.24, 2.45) is 0 Å². The standard InChI is InChI=1S/C22H30N2OS/c1-5-12-23-15-20(25)24-13-10-19-18(11-14-26-19)21(24)16-6-8-17(9-7-16)22(2,3)4/h6-9,11,14,21,23H,5,10,12-13,15H2,1-4H3/p+1/t21-/m1/s1. The predicted octanol–water partition coefficient (Wildman–Crippen LogP) is 3.49. The van der Waals surface area contributed by atoms with E-state index in [1.54, 1.807) is 0 Å². The first-order valence-electron chi connectivity index (χ1n) is 9.69. The van der Waals surface area contributed by atoms with Crippen LogP contribution in [0.15, 0.2) is 35.7 Å². The van der Waals surface area contributed by atoms with Gasteiger partial charge in [0.15, 0.2) is 6.54 Å². The Morgan fingerprint density at radius 3 is 2.62 bits per heavy atom. The Labute approximate surface area is 161 Å². The number of benzene rings is 1. The summed E-state index contributed by atoms with van der Waals surface area (Å²) >= 11 is 1.82. The van der Waals surface area contributed by atoms with Gasteiger partial charge >= 0.3 is 0 Å². The second kappa shape index (κ2) is 7.93. The highest BCUT2D eigenvalue weighted by atomic mass is 32.1. The normalized spacial score (nSPS) is 17.2. The van der Waals surface area contributed by atoms with Crippen molar-refractivity contribution in [3.63, 3.8) is 0 Å². The van der Waals surface area contributed by atoms with Crippen molar-refractivity contribution in [3.8, 4) is 0 Å². The number of hydrogen-bond donors (Lipinski definition) is 1. The lowest BCUT2D eigenvalue weighted by atomic mass is 9.85. The molecule has 26 heavy (non-hydrogen) atoms. The Morgan fingerprint density at radius 1 is 1.23 bits per heavy atom. The highest BCUT2D eigenvalue weighted by Crippen LogP contribution is 2.38. The van der Waals surface area contributed by atoms with Crippen LogP contribution in [0.2, 0.25) is 0 Å². The topological polar surface area (TPSA) is 36.9 Å². The van der Waals surface area contributed by atoms with Crippen LogP contribution in [0.4, 0.5) is 0 Å². The zero-order valence-electron chi connectivity index (χ0n) is 16.4. The van der Waals surface area contributed by atoms with Gasteiger partial charge in [0.25, 0.3) is 5.91 Å². The zero-order valence-corrected chi connectivity index (χ0v) is 17.2. The molecule has 0 unspecified atom stereocenters. The van der Waals surface area contributed by atoms with Gasteiger partial charge in [0.05, 0.1) is 12.6 Å². The molecule has 1 atom stereocenters. The highest BCUT2D eigenvalue weighted by Gasteiger charge is 2.33. The first-order valence-corrected chi connectivity index (χ1v) is 10.6. The van der Waals surface area contributed by atoms with Gasteiger partial charge < -0.3 is 10.2 Å². The first kappa shape index (κ1) is 19.1. The average Bonchev–Trinajstić information content (AvgIpc) is 3.09. The summed E-state index contributed by atoms with van der Waals surface area (Å²) in [7, 11) is 0. The van der Waals surface area contributed by atoms with Gasteiger partial charge in [-0.25, -0.2) is 0 Å². The lowest BCUT2D eigenvalue weighted by Crippen LogP contribution is -2.86. The molecule has 0 spiro atoms. The molecule has 2 heterocycles. The van der Waals surface area contributed by atoms with E-state index in [1.165, 1.54) is 21.6 Å². The van der Waals surface area contributed by atoms with Crippen molar-refractivity contribution in [3.05, 3.63) is 57.3 Å². The van der Waals surface area contributed by atoms with E-state index in [9.17, 15) is 4.79 Å². The Hall–Kier alpha value is -1.65. The molecule has 1 aromatic heterocycles. The molecular formula is C22H31N2OS+. The van der Waals surface area contributed by atoms with E-state index < -0.39 is 0 Å². The fourth-order valence-electron chi connectivity index (χ4n) is 3.66. The third-order valence-electron chi connectivity index (χ3n) is 5.19. The van der Waals surface area contributed by atoms with Crippen LogP contribution >= 0.6 is 11.3 Å². The Balaban J connectivity index is 1.90. The van der Waals surface area contributed by atoms with Gasteiger partial charge in [0.1, 0.15) is 0 Å². The van der Waals surface area contributed by atoms with Crippen molar-refractivity contribution in [2.45, 2.75) is 52.0 Å². The number of rotatable bonds is 5. The zero-order chi connectivity index (χ0) is 18.7. The summed E-state index contributed by atoms with van der Waals surface area (Å²) < 4.78 is 0. The summed E-state index contributed by atoms with van der Waals surface area (Å²) in [4.78, 5) is 16.4. The Bertz CT molecular complexity index is 742. The Morgan fingerprint density at radius 2 is 1.96 bits per heavy atom. The molecule has 4 heteroatoms. The van der Waals surface area contributed by atoms with Gasteiger partial charge in [-0.1, -0.05) is 52.0 Å². The lowest BCUT2D eigenvalue weighted by molar-refractivity contribution is -0.644. The quantitative estimate of drug-likeness (QED) is 0.803. The minimum Gasteiger partial charge on any atom is -0.338 e. The molecule has 1 aromatic carbocycles. The number of nitrogens with zero attached hydrogens (tertiary/aromatic N) is 1. The summed E-state index contributed by atoms with van der Waals surface area (Å²) in [6.45, 7) is 11.2. The van der Waals surface area contributed by atoms with Crippen molar-refractivity contribution in [2.75, 3.05) is 19.6 Å². The number of thiophene rings is 1. The minimum absolute atomic E-state index is 0.0570. The van der Waals surface area contributed by atoms with Gasteiger partial charge in [0, 0.05) is 11.4 Å². The monoisotopic (exact) mass is 371 g/mol. The third-order valence-corrected chi connectivity index (χ3v) is 6.19. The number of hydrogen-bond acceptors (Lipinski definition) is 2. The van der Waals surface area contributed by atoms with E-state index >= 15 is 0 Å². The van der Waals surface area contributed by atoms with Gasteiger partial charge in [-0.3, -0.25) is 4.79 Å². The van der Waals surface area contributed by atoms with Crippen LogP contribution in [0.25, 0.3) is 0 Å². The maximum atomic E-state index is 12.9. The van der Waals surface area contributed by atoms with Gasteiger partial charge in [-0.05, 0) is 46.4 Å². The number of carbonyl (C=O) groups is 1. The molecule has 3 nitrogen and oxygen atoms in total. The van der Waals surface area contributed by atoms with Gasteiger partial charge in [-0.15, -0.1) is 11.3 Å². The van der Waals surface area contributed by atoms with Crippen molar-refractivity contribution in [1.29, 1.82) is 0 Å². The molecule has 0 aliphatic carbocycles. The van der Waals surface area contributed by atoms with Crippen molar-refractivity contribution < 1.29 is 10.1 Å². The molecule has 0 fully saturated rings. The fourth-order valence-corrected chi connectivity index (χ4v) is 4.56. The lowest BCUT2D eigenvalue weighted by Gasteiger charge is -2.36. The summed E-state index contributed by atoms with van der Waals surface area (Å²) in [5.41, 5.74) is 4.01. The van der Waals surface area contributed by atoms with Crippen LogP contribution in [0.3, 0.4) is 0 Å². The average molecular weight is 372 g/mol. The first-order chi connectivity index (χ1) is 12.4. The van der Waals surface area contributed by atoms with Crippen molar-refractivity contribution >= 4 is 17.2 Å². The highest BCUT2D eigenvalue weighted by molar-refractivity contribution is 7.10. The van der Waals surface area contributed by atoms with Crippen LogP contribution in [0.1, 0.15) is 61.7 Å². The summed E-state index contributed by atoms with van der Waals surface area (Å²) in [5, 5.41) is 4.30. The number of carbonyl (C=O) groups excluding carboxylic acids is 1. The van der Waals surface area contributed by atoms with Gasteiger partial charge in [0.2, 0.25) is 0 Å². The van der Waals surface area contributed by atoms with Crippen LogP contribution < -0.4 is 5.32 Å². The molecular weight excluding hydrogens is 340 g/mol. The summed E-state index contributed by atoms with van der Waals surface area (Å²) in [6, 6.07) is 11.1. The molecule has 2 aromatic rings. The second-order valence-corrected chi connectivity index (χ2v) is 9.19. The van der Waals surface area contributed by atoms with E-state index in [0.717, 1.165) is 25.9 Å². The second-order valence-electron chi connectivity index (χ2n) is 8.19. The van der Waals surface area contributed by atoms with E-state index in [4.69, 9.17) is 0 Å². The predicted molar refractivity (Wildman–Crippen MR) is 109 cm³/mol. The number of nitrogens with two attached hydrogens (primary N) is 1. The molecule has 1 aliphatic rings. The molecule has 0 radical (unpaired) electrons. The summed E-state index contributed by atoms with van der Waals surface area (Å²) in [5.74, 6) is 0.250. The SMILES string of the molecule is CCC[NH2+]CC(=O)N1CCc2sccc2[C@H]1c1ccc(C(C)(C)C)cc1. The smallest absolute Gasteiger partial charge is 0.278 e. The van der Waals surface area contributed by atoms with Crippen LogP contribution in [0.5, 0.6) is 0 Å². The molecule has 1 aliphatic heterocycles. The minimum atomic E-state index is 0.0570. The Kier molecular flexibility index (Phi) is 5.83. The maximum Gasteiger partial charge on any atom is 0.278 e. The molecule has 0 saturated carbocycles. The van der Waals surface area contributed by atoms with E-state index in [0.29, 0.717) is 6.54 Å². The number of amides is 1. The third kappa shape index (κ3) is 4.02. The van der Waals surface area contributed by atoms with E-state index in [1.807, 2.05) is 11.3 Å². The summed E-state index contributed by atoms with van der Waals surface area (Å²) in [6.07, 6.45) is 2.07. The number of fused-ring (bicyclic) bond motifs is 1. The van der Waals surface area contributed by atoms with Gasteiger partial charge in [-0.2, -0.15) is 0 Å². The fraction of sp³-hybridized carbons (Fsp3) is 0.500.